The summed E-state index contributed by atoms with van der Waals surface area (Å²) in [6.07, 6.45) is 6.38. The van der Waals surface area contributed by atoms with E-state index in [4.69, 9.17) is 4.74 Å². The van der Waals surface area contributed by atoms with Crippen LogP contribution in [0.25, 0.3) is 5.95 Å². The van der Waals surface area contributed by atoms with Gasteiger partial charge >= 0.3 is 6.03 Å². The van der Waals surface area contributed by atoms with Crippen molar-refractivity contribution in [3.05, 3.63) is 55.1 Å². The fraction of sp³-hybridized carbons (Fsp3) is 0.0667. The number of aromatic nitrogens is 4. The summed E-state index contributed by atoms with van der Waals surface area (Å²) in [6.45, 7) is 0. The van der Waals surface area contributed by atoms with Crippen molar-refractivity contribution < 1.29 is 9.53 Å². The molecule has 2 N–H and O–H groups in total. The molecule has 0 atom stereocenters. The zero-order valence-electron chi connectivity index (χ0n) is 12.3. The van der Waals surface area contributed by atoms with Gasteiger partial charge in [-0.25, -0.2) is 19.4 Å². The topological polar surface area (TPSA) is 94.0 Å². The number of hydrogen-bond donors (Lipinski definition) is 2. The van der Waals surface area contributed by atoms with Crippen molar-refractivity contribution in [2.75, 3.05) is 17.7 Å². The molecule has 2 heterocycles. The van der Waals surface area contributed by atoms with E-state index in [0.29, 0.717) is 23.1 Å². The van der Waals surface area contributed by atoms with Crippen LogP contribution >= 0.6 is 0 Å². The van der Waals surface area contributed by atoms with Crippen LogP contribution in [0.2, 0.25) is 0 Å². The number of ether oxygens (including phenoxy) is 1. The number of benzene rings is 1. The molecular weight excluding hydrogens is 296 g/mol. The molecule has 0 saturated heterocycles. The van der Waals surface area contributed by atoms with E-state index in [9.17, 15) is 4.79 Å². The van der Waals surface area contributed by atoms with Gasteiger partial charge in [0.1, 0.15) is 5.75 Å². The molecule has 0 unspecified atom stereocenters. The summed E-state index contributed by atoms with van der Waals surface area (Å²) in [5, 5.41) is 9.51. The van der Waals surface area contributed by atoms with Gasteiger partial charge in [0.2, 0.25) is 5.95 Å². The highest BCUT2D eigenvalue weighted by Gasteiger charge is 2.07. The molecule has 0 bridgehead atoms. The van der Waals surface area contributed by atoms with Gasteiger partial charge in [0.15, 0.2) is 0 Å². The van der Waals surface area contributed by atoms with Crippen molar-refractivity contribution >= 4 is 17.4 Å². The minimum absolute atomic E-state index is 0.383. The van der Waals surface area contributed by atoms with E-state index in [1.165, 1.54) is 10.9 Å². The molecule has 0 radical (unpaired) electrons. The normalized spacial score (nSPS) is 10.1. The first-order chi connectivity index (χ1) is 11.2. The smallest absolute Gasteiger partial charge is 0.323 e. The third-order valence-corrected chi connectivity index (χ3v) is 2.93. The van der Waals surface area contributed by atoms with Crippen LogP contribution in [0.4, 0.5) is 16.2 Å². The van der Waals surface area contributed by atoms with E-state index < -0.39 is 0 Å². The number of nitrogens with one attached hydrogen (secondary N) is 2. The summed E-state index contributed by atoms with van der Waals surface area (Å²) >= 11 is 0. The van der Waals surface area contributed by atoms with Crippen LogP contribution in [0, 0.1) is 0 Å². The maximum Gasteiger partial charge on any atom is 0.323 e. The van der Waals surface area contributed by atoms with Crippen LogP contribution in [-0.2, 0) is 0 Å². The number of nitrogens with zero attached hydrogens (tertiary/aromatic N) is 4. The largest absolute Gasteiger partial charge is 0.497 e. The summed E-state index contributed by atoms with van der Waals surface area (Å²) in [5.41, 5.74) is 1.15. The SMILES string of the molecule is COc1cccc(NC(=O)Nc2cnn(-c3ncccn3)c2)c1. The van der Waals surface area contributed by atoms with E-state index in [1.54, 1.807) is 56.0 Å². The van der Waals surface area contributed by atoms with E-state index in [2.05, 4.69) is 25.7 Å². The number of amides is 2. The fourth-order valence-corrected chi connectivity index (χ4v) is 1.90. The van der Waals surface area contributed by atoms with Gasteiger partial charge in [-0.2, -0.15) is 5.10 Å². The Kier molecular flexibility index (Phi) is 4.14. The third-order valence-electron chi connectivity index (χ3n) is 2.93. The maximum absolute atomic E-state index is 12.0. The van der Waals surface area contributed by atoms with Crippen molar-refractivity contribution in [2.24, 2.45) is 0 Å². The van der Waals surface area contributed by atoms with Crippen LogP contribution in [-0.4, -0.2) is 32.9 Å². The molecule has 23 heavy (non-hydrogen) atoms. The van der Waals surface area contributed by atoms with E-state index in [1.807, 2.05) is 0 Å². The van der Waals surface area contributed by atoms with Gasteiger partial charge in [-0.1, -0.05) is 6.07 Å². The van der Waals surface area contributed by atoms with Crippen LogP contribution < -0.4 is 15.4 Å². The molecule has 0 spiro atoms. The van der Waals surface area contributed by atoms with Crippen molar-refractivity contribution in [1.82, 2.24) is 19.7 Å². The Labute approximate surface area is 132 Å². The standard InChI is InChI=1S/C15H14N6O2/c1-23-13-5-2-4-11(8-13)19-15(22)20-12-9-18-21(10-12)14-16-6-3-7-17-14/h2-10H,1H3,(H2,19,20,22). The van der Waals surface area contributed by atoms with Crippen LogP contribution in [0.5, 0.6) is 5.75 Å². The second-order valence-electron chi connectivity index (χ2n) is 4.53. The van der Waals surface area contributed by atoms with E-state index >= 15 is 0 Å². The van der Waals surface area contributed by atoms with Crippen molar-refractivity contribution in [3.63, 3.8) is 0 Å². The predicted octanol–water partition coefficient (Wildman–Crippen LogP) is 2.31. The van der Waals surface area contributed by atoms with E-state index in [-0.39, 0.29) is 6.03 Å². The summed E-state index contributed by atoms with van der Waals surface area (Å²) < 4.78 is 6.58. The third kappa shape index (κ3) is 3.62. The molecule has 8 heteroatoms. The van der Waals surface area contributed by atoms with Gasteiger partial charge in [0.25, 0.3) is 0 Å². The lowest BCUT2D eigenvalue weighted by molar-refractivity contribution is 0.262. The lowest BCUT2D eigenvalue weighted by atomic mass is 10.3. The second kappa shape index (κ2) is 6.56. The van der Waals surface area contributed by atoms with Gasteiger partial charge in [0.05, 0.1) is 25.2 Å². The average molecular weight is 310 g/mol. The lowest BCUT2D eigenvalue weighted by Crippen LogP contribution is -2.19. The number of rotatable bonds is 4. The van der Waals surface area contributed by atoms with Gasteiger partial charge in [0, 0.05) is 24.1 Å². The molecule has 0 aliphatic carbocycles. The molecule has 0 saturated carbocycles. The lowest BCUT2D eigenvalue weighted by Gasteiger charge is -2.07. The van der Waals surface area contributed by atoms with Crippen molar-refractivity contribution in [1.29, 1.82) is 0 Å². The molecule has 1 aromatic carbocycles. The Morgan fingerprint density at radius 2 is 1.91 bits per heavy atom. The molecule has 2 amide bonds. The maximum atomic E-state index is 12.0. The highest BCUT2D eigenvalue weighted by atomic mass is 16.5. The average Bonchev–Trinajstić information content (AvgIpc) is 3.04. The van der Waals surface area contributed by atoms with Crippen LogP contribution in [0.15, 0.2) is 55.1 Å². The van der Waals surface area contributed by atoms with E-state index in [0.717, 1.165) is 0 Å². The first-order valence-corrected chi connectivity index (χ1v) is 6.79. The molecule has 0 aliphatic rings. The number of anilines is 2. The van der Waals surface area contributed by atoms with Gasteiger partial charge < -0.3 is 15.4 Å². The summed E-state index contributed by atoms with van der Waals surface area (Å²) in [4.78, 5) is 20.1. The predicted molar refractivity (Wildman–Crippen MR) is 84.8 cm³/mol. The van der Waals surface area contributed by atoms with Crippen LogP contribution in [0.3, 0.4) is 0 Å². The van der Waals surface area contributed by atoms with Gasteiger partial charge in [-0.15, -0.1) is 0 Å². The Morgan fingerprint density at radius 1 is 1.13 bits per heavy atom. The second-order valence-corrected chi connectivity index (χ2v) is 4.53. The summed E-state index contributed by atoms with van der Waals surface area (Å²) in [7, 11) is 1.57. The Morgan fingerprint density at radius 3 is 2.70 bits per heavy atom. The Bertz CT molecular complexity index is 802. The number of methoxy groups -OCH3 is 1. The monoisotopic (exact) mass is 310 g/mol. The van der Waals surface area contributed by atoms with Crippen molar-refractivity contribution in [3.8, 4) is 11.7 Å². The Balaban J connectivity index is 1.65. The Hall–Kier alpha value is -3.42. The zero-order chi connectivity index (χ0) is 16.1. The fourth-order valence-electron chi connectivity index (χ4n) is 1.90. The first-order valence-electron chi connectivity index (χ1n) is 6.79. The highest BCUT2D eigenvalue weighted by Crippen LogP contribution is 2.17. The molecular formula is C15H14N6O2. The zero-order valence-corrected chi connectivity index (χ0v) is 12.3. The van der Waals surface area contributed by atoms with Gasteiger partial charge in [-0.05, 0) is 18.2 Å². The minimum atomic E-state index is -0.383. The highest BCUT2D eigenvalue weighted by molar-refractivity contribution is 5.99. The summed E-state index contributed by atoms with van der Waals surface area (Å²) in [6, 6.07) is 8.41. The molecule has 116 valence electrons. The summed E-state index contributed by atoms with van der Waals surface area (Å²) in [5.74, 6) is 1.09. The molecule has 0 aliphatic heterocycles. The number of hydrogen-bond acceptors (Lipinski definition) is 5. The van der Waals surface area contributed by atoms with Gasteiger partial charge in [-0.3, -0.25) is 0 Å². The number of urea groups is 1. The number of carbonyl (C=O) groups excluding carboxylic acids is 1. The van der Waals surface area contributed by atoms with Crippen molar-refractivity contribution in [2.45, 2.75) is 0 Å². The molecule has 3 aromatic rings. The molecule has 8 nitrogen and oxygen atoms in total. The minimum Gasteiger partial charge on any atom is -0.497 e. The molecule has 3 rings (SSSR count). The van der Waals surface area contributed by atoms with Crippen LogP contribution in [0.1, 0.15) is 0 Å². The number of carbonyl (C=O) groups is 1. The quantitative estimate of drug-likeness (QED) is 0.771. The first kappa shape index (κ1) is 14.5. The molecule has 2 aromatic heterocycles. The molecule has 0 fully saturated rings.